The van der Waals surface area contributed by atoms with Gasteiger partial charge in [-0.25, -0.2) is 0 Å². The van der Waals surface area contributed by atoms with Crippen molar-refractivity contribution < 1.29 is 14.3 Å². The third kappa shape index (κ3) is 4.95. The predicted octanol–water partition coefficient (Wildman–Crippen LogP) is 3.76. The van der Waals surface area contributed by atoms with Gasteiger partial charge in [-0.15, -0.1) is 0 Å². The molecular formula is C21H24ClN3O3. The minimum Gasteiger partial charge on any atom is -0.484 e. The summed E-state index contributed by atoms with van der Waals surface area (Å²) in [6.45, 7) is 3.55. The van der Waals surface area contributed by atoms with E-state index < -0.39 is 5.91 Å². The Morgan fingerprint density at radius 2 is 1.89 bits per heavy atom. The summed E-state index contributed by atoms with van der Waals surface area (Å²) < 4.78 is 5.56. The van der Waals surface area contributed by atoms with Gasteiger partial charge in [0.05, 0.1) is 11.4 Å². The maximum Gasteiger partial charge on any atom is 0.262 e. The Hall–Kier alpha value is -2.73. The van der Waals surface area contributed by atoms with Gasteiger partial charge < -0.3 is 20.7 Å². The van der Waals surface area contributed by atoms with Crippen molar-refractivity contribution in [2.75, 3.05) is 29.9 Å². The molecule has 0 radical (unpaired) electrons. The van der Waals surface area contributed by atoms with Gasteiger partial charge >= 0.3 is 0 Å². The number of nitrogens with two attached hydrogens (primary N) is 1. The molecule has 2 aromatic carbocycles. The summed E-state index contributed by atoms with van der Waals surface area (Å²) >= 11 is 6.01. The van der Waals surface area contributed by atoms with E-state index in [4.69, 9.17) is 22.1 Å². The van der Waals surface area contributed by atoms with Crippen molar-refractivity contribution in [1.29, 1.82) is 0 Å². The second-order valence-electron chi connectivity index (χ2n) is 6.89. The van der Waals surface area contributed by atoms with Crippen LogP contribution in [-0.2, 0) is 4.79 Å². The number of rotatable bonds is 6. The number of ether oxygens (including phenoxy) is 1. The zero-order valence-corrected chi connectivity index (χ0v) is 16.6. The summed E-state index contributed by atoms with van der Waals surface area (Å²) in [5.41, 5.74) is 8.09. The van der Waals surface area contributed by atoms with Gasteiger partial charge in [0, 0.05) is 23.7 Å². The van der Waals surface area contributed by atoms with Crippen LogP contribution in [0.15, 0.2) is 36.4 Å². The Labute approximate surface area is 169 Å². The molecule has 0 atom stereocenters. The van der Waals surface area contributed by atoms with Crippen molar-refractivity contribution in [2.24, 2.45) is 5.73 Å². The molecule has 0 spiro atoms. The minimum absolute atomic E-state index is 0.151. The molecule has 28 heavy (non-hydrogen) atoms. The number of aryl methyl sites for hydroxylation is 1. The first-order valence-corrected chi connectivity index (χ1v) is 9.69. The van der Waals surface area contributed by atoms with Gasteiger partial charge in [-0.3, -0.25) is 9.59 Å². The summed E-state index contributed by atoms with van der Waals surface area (Å²) in [5, 5.41) is 3.50. The molecular weight excluding hydrogens is 378 g/mol. The van der Waals surface area contributed by atoms with E-state index in [1.54, 1.807) is 30.3 Å². The SMILES string of the molecule is Cc1cc(OCC(=O)Nc2cc(C(N)=O)ccc2N2CCCCC2)ccc1Cl. The summed E-state index contributed by atoms with van der Waals surface area (Å²) in [4.78, 5) is 26.2. The number of hydrogen-bond donors (Lipinski definition) is 2. The molecule has 3 N–H and O–H groups in total. The van der Waals surface area contributed by atoms with Crippen LogP contribution in [0.1, 0.15) is 35.2 Å². The number of carbonyl (C=O) groups excluding carboxylic acids is 2. The smallest absolute Gasteiger partial charge is 0.262 e. The van der Waals surface area contributed by atoms with E-state index in [1.165, 1.54) is 6.42 Å². The number of amides is 2. The summed E-state index contributed by atoms with van der Waals surface area (Å²) in [6, 6.07) is 10.4. The zero-order chi connectivity index (χ0) is 20.1. The molecule has 1 saturated heterocycles. The molecule has 2 aromatic rings. The van der Waals surface area contributed by atoms with Crippen LogP contribution in [0.3, 0.4) is 0 Å². The van der Waals surface area contributed by atoms with Gasteiger partial charge in [0.2, 0.25) is 5.91 Å². The van der Waals surface area contributed by atoms with Gasteiger partial charge in [-0.1, -0.05) is 11.6 Å². The highest BCUT2D eigenvalue weighted by Crippen LogP contribution is 2.30. The van der Waals surface area contributed by atoms with Gasteiger partial charge in [0.25, 0.3) is 5.91 Å². The van der Waals surface area contributed by atoms with Gasteiger partial charge in [0.1, 0.15) is 5.75 Å². The lowest BCUT2D eigenvalue weighted by atomic mass is 10.1. The van der Waals surface area contributed by atoms with Crippen LogP contribution in [0.25, 0.3) is 0 Å². The zero-order valence-electron chi connectivity index (χ0n) is 15.8. The highest BCUT2D eigenvalue weighted by Gasteiger charge is 2.17. The molecule has 1 heterocycles. The maximum absolute atomic E-state index is 12.5. The van der Waals surface area contributed by atoms with E-state index in [0.29, 0.717) is 22.0 Å². The summed E-state index contributed by atoms with van der Waals surface area (Å²) in [5.74, 6) is -0.278. The van der Waals surface area contributed by atoms with E-state index in [-0.39, 0.29) is 12.5 Å². The standard InChI is InChI=1S/C21H24ClN3O3/c1-14-11-16(6-7-17(14)22)28-13-20(26)24-18-12-15(21(23)27)5-8-19(18)25-9-3-2-4-10-25/h5-8,11-12H,2-4,9-10,13H2,1H3,(H2,23,27)(H,24,26). The third-order valence-corrected chi connectivity index (χ3v) is 5.18. The number of hydrogen-bond acceptors (Lipinski definition) is 4. The molecule has 0 bridgehead atoms. The lowest BCUT2D eigenvalue weighted by Crippen LogP contribution is -2.31. The average Bonchev–Trinajstić information content (AvgIpc) is 2.69. The third-order valence-electron chi connectivity index (χ3n) is 4.75. The van der Waals surface area contributed by atoms with E-state index in [2.05, 4.69) is 10.2 Å². The molecule has 0 unspecified atom stereocenters. The quantitative estimate of drug-likeness (QED) is 0.771. The Kier molecular flexibility index (Phi) is 6.41. The monoisotopic (exact) mass is 401 g/mol. The highest BCUT2D eigenvalue weighted by molar-refractivity contribution is 6.31. The molecule has 1 aliphatic heterocycles. The molecule has 6 nitrogen and oxygen atoms in total. The van der Waals surface area contributed by atoms with E-state index >= 15 is 0 Å². The molecule has 0 saturated carbocycles. The second kappa shape index (κ2) is 8.97. The summed E-state index contributed by atoms with van der Waals surface area (Å²) in [7, 11) is 0. The van der Waals surface area contributed by atoms with E-state index in [9.17, 15) is 9.59 Å². The number of nitrogens with one attached hydrogen (secondary N) is 1. The minimum atomic E-state index is -0.534. The van der Waals surface area contributed by atoms with Crippen LogP contribution >= 0.6 is 11.6 Å². The number of carbonyl (C=O) groups is 2. The lowest BCUT2D eigenvalue weighted by Gasteiger charge is -2.30. The lowest BCUT2D eigenvalue weighted by molar-refractivity contribution is -0.118. The fourth-order valence-electron chi connectivity index (χ4n) is 3.24. The van der Waals surface area contributed by atoms with Crippen molar-refractivity contribution in [1.82, 2.24) is 0 Å². The number of nitrogens with zero attached hydrogens (tertiary/aromatic N) is 1. The average molecular weight is 402 g/mol. The molecule has 3 rings (SSSR count). The van der Waals surface area contributed by atoms with Crippen LogP contribution < -0.4 is 20.7 Å². The Balaban J connectivity index is 1.73. The largest absolute Gasteiger partial charge is 0.484 e. The maximum atomic E-state index is 12.5. The Morgan fingerprint density at radius 1 is 1.14 bits per heavy atom. The van der Waals surface area contributed by atoms with Gasteiger partial charge in [-0.05, 0) is 68.1 Å². The van der Waals surface area contributed by atoms with Crippen molar-refractivity contribution in [3.8, 4) is 5.75 Å². The van der Waals surface area contributed by atoms with Crippen LogP contribution in [0.4, 0.5) is 11.4 Å². The summed E-state index contributed by atoms with van der Waals surface area (Å²) in [6.07, 6.45) is 3.40. The van der Waals surface area contributed by atoms with Crippen LogP contribution in [0, 0.1) is 6.92 Å². The van der Waals surface area contributed by atoms with Crippen LogP contribution in [0.2, 0.25) is 5.02 Å². The first kappa shape index (κ1) is 20.0. The van der Waals surface area contributed by atoms with Crippen molar-refractivity contribution in [2.45, 2.75) is 26.2 Å². The molecule has 1 fully saturated rings. The predicted molar refractivity (Wildman–Crippen MR) is 111 cm³/mol. The number of anilines is 2. The Bertz CT molecular complexity index is 879. The fourth-order valence-corrected chi connectivity index (χ4v) is 3.36. The van der Waals surface area contributed by atoms with Gasteiger partial charge in [0.15, 0.2) is 6.61 Å². The van der Waals surface area contributed by atoms with Gasteiger partial charge in [-0.2, -0.15) is 0 Å². The van der Waals surface area contributed by atoms with Crippen LogP contribution in [-0.4, -0.2) is 31.5 Å². The van der Waals surface area contributed by atoms with Crippen LogP contribution in [0.5, 0.6) is 5.75 Å². The molecule has 0 aromatic heterocycles. The first-order chi connectivity index (χ1) is 13.4. The normalized spacial score (nSPS) is 13.9. The number of primary amides is 1. The molecule has 2 amide bonds. The van der Waals surface area contributed by atoms with E-state index in [0.717, 1.165) is 37.2 Å². The number of benzene rings is 2. The highest BCUT2D eigenvalue weighted by atomic mass is 35.5. The van der Waals surface area contributed by atoms with Crippen molar-refractivity contribution in [3.63, 3.8) is 0 Å². The molecule has 148 valence electrons. The number of piperidine rings is 1. The second-order valence-corrected chi connectivity index (χ2v) is 7.30. The molecule has 0 aliphatic carbocycles. The molecule has 7 heteroatoms. The van der Waals surface area contributed by atoms with Crippen molar-refractivity contribution >= 4 is 34.8 Å². The fraction of sp³-hybridized carbons (Fsp3) is 0.333. The van der Waals surface area contributed by atoms with Crippen molar-refractivity contribution in [3.05, 3.63) is 52.5 Å². The Morgan fingerprint density at radius 3 is 2.57 bits per heavy atom. The number of halogens is 1. The molecule has 1 aliphatic rings. The van der Waals surface area contributed by atoms with E-state index in [1.807, 2.05) is 13.0 Å². The first-order valence-electron chi connectivity index (χ1n) is 9.31. The topological polar surface area (TPSA) is 84.7 Å².